The van der Waals surface area contributed by atoms with Crippen LogP contribution in [0.2, 0.25) is 0 Å². The summed E-state index contributed by atoms with van der Waals surface area (Å²) in [5, 5.41) is 14.7. The molecule has 32 heavy (non-hydrogen) atoms. The fourth-order valence-corrected chi connectivity index (χ4v) is 3.65. The maximum atomic E-state index is 12.8. The smallest absolute Gasteiger partial charge is 0.249 e. The number of hydrogen-bond acceptors (Lipinski definition) is 7. The van der Waals surface area contributed by atoms with Gasteiger partial charge in [0, 0.05) is 5.56 Å². The van der Waals surface area contributed by atoms with E-state index in [1.54, 1.807) is 7.11 Å². The predicted octanol–water partition coefficient (Wildman–Crippen LogP) is 3.51. The number of carbonyl (C=O) groups is 2. The molecule has 3 rings (SSSR count). The highest BCUT2D eigenvalue weighted by Gasteiger charge is 2.25. The summed E-state index contributed by atoms with van der Waals surface area (Å²) in [4.78, 5) is 25.1. The summed E-state index contributed by atoms with van der Waals surface area (Å²) in [7, 11) is 1.60. The molecular weight excluding hydrogens is 428 g/mol. The Kier molecular flexibility index (Phi) is 8.29. The molecule has 0 aliphatic carbocycles. The van der Waals surface area contributed by atoms with Crippen molar-refractivity contribution in [2.75, 3.05) is 19.0 Å². The Labute approximate surface area is 191 Å². The monoisotopic (exact) mass is 454 g/mol. The first-order valence-electron chi connectivity index (χ1n) is 10.2. The zero-order valence-electron chi connectivity index (χ0n) is 18.2. The van der Waals surface area contributed by atoms with Crippen LogP contribution in [0, 0.1) is 5.92 Å². The van der Waals surface area contributed by atoms with Crippen LogP contribution in [-0.2, 0) is 20.9 Å². The maximum Gasteiger partial charge on any atom is 0.249 e. The topological polar surface area (TPSA) is 102 Å². The first-order chi connectivity index (χ1) is 15.5. The van der Waals surface area contributed by atoms with Gasteiger partial charge in [0.1, 0.15) is 23.4 Å². The standard InChI is InChI=1S/C23H26N4O4S/c1-15(2)20(24-19(28)14-31-13-16-7-5-4-6-8-16)21(29)25-23-27-26-22(32-23)17-9-11-18(30-3)12-10-17/h4-12,15,20H,13-14H2,1-3H3,(H,24,28)(H,25,27,29). The lowest BCUT2D eigenvalue weighted by atomic mass is 10.0. The van der Waals surface area contributed by atoms with E-state index in [4.69, 9.17) is 9.47 Å². The van der Waals surface area contributed by atoms with Crippen LogP contribution in [0.3, 0.4) is 0 Å². The van der Waals surface area contributed by atoms with E-state index in [-0.39, 0.29) is 24.3 Å². The summed E-state index contributed by atoms with van der Waals surface area (Å²) in [5.74, 6) is -0.0862. The van der Waals surface area contributed by atoms with Gasteiger partial charge in [-0.15, -0.1) is 10.2 Å². The number of anilines is 1. The highest BCUT2D eigenvalue weighted by Crippen LogP contribution is 2.28. The van der Waals surface area contributed by atoms with E-state index in [1.165, 1.54) is 11.3 Å². The molecule has 0 fully saturated rings. The van der Waals surface area contributed by atoms with Crippen LogP contribution in [0.5, 0.6) is 5.75 Å². The molecule has 0 saturated carbocycles. The van der Waals surface area contributed by atoms with Crippen molar-refractivity contribution >= 4 is 28.3 Å². The summed E-state index contributed by atoms with van der Waals surface area (Å²) in [6.45, 7) is 3.91. The highest BCUT2D eigenvalue weighted by molar-refractivity contribution is 7.18. The van der Waals surface area contributed by atoms with Crippen molar-refractivity contribution in [1.29, 1.82) is 0 Å². The normalized spacial score (nSPS) is 11.8. The Morgan fingerprint density at radius 2 is 1.75 bits per heavy atom. The minimum absolute atomic E-state index is 0.123. The number of aromatic nitrogens is 2. The summed E-state index contributed by atoms with van der Waals surface area (Å²) >= 11 is 1.25. The predicted molar refractivity (Wildman–Crippen MR) is 123 cm³/mol. The van der Waals surface area contributed by atoms with Crippen molar-refractivity contribution in [2.45, 2.75) is 26.5 Å². The minimum Gasteiger partial charge on any atom is -0.497 e. The van der Waals surface area contributed by atoms with E-state index in [1.807, 2.05) is 68.4 Å². The largest absolute Gasteiger partial charge is 0.497 e. The van der Waals surface area contributed by atoms with E-state index in [0.29, 0.717) is 16.7 Å². The van der Waals surface area contributed by atoms with Gasteiger partial charge in [-0.25, -0.2) is 0 Å². The molecule has 2 aromatic carbocycles. The lowest BCUT2D eigenvalue weighted by Crippen LogP contribution is -2.48. The van der Waals surface area contributed by atoms with Crippen molar-refractivity contribution in [2.24, 2.45) is 5.92 Å². The molecule has 0 radical (unpaired) electrons. The number of ether oxygens (including phenoxy) is 2. The highest BCUT2D eigenvalue weighted by atomic mass is 32.1. The lowest BCUT2D eigenvalue weighted by Gasteiger charge is -2.21. The van der Waals surface area contributed by atoms with Crippen LogP contribution in [0.15, 0.2) is 54.6 Å². The summed E-state index contributed by atoms with van der Waals surface area (Å²) in [5.41, 5.74) is 1.84. The van der Waals surface area contributed by atoms with Gasteiger partial charge in [-0.2, -0.15) is 0 Å². The fraction of sp³-hybridized carbons (Fsp3) is 0.304. The lowest BCUT2D eigenvalue weighted by molar-refractivity contribution is -0.130. The number of nitrogens with zero attached hydrogens (tertiary/aromatic N) is 2. The maximum absolute atomic E-state index is 12.8. The zero-order chi connectivity index (χ0) is 22.9. The van der Waals surface area contributed by atoms with Crippen molar-refractivity contribution in [3.05, 3.63) is 60.2 Å². The number of methoxy groups -OCH3 is 1. The van der Waals surface area contributed by atoms with Crippen LogP contribution < -0.4 is 15.4 Å². The number of nitrogens with one attached hydrogen (secondary N) is 2. The second-order valence-corrected chi connectivity index (χ2v) is 8.38. The molecule has 1 unspecified atom stereocenters. The van der Waals surface area contributed by atoms with E-state index in [9.17, 15) is 9.59 Å². The molecule has 9 heteroatoms. The zero-order valence-corrected chi connectivity index (χ0v) is 19.0. The molecule has 8 nitrogen and oxygen atoms in total. The SMILES string of the molecule is COc1ccc(-c2nnc(NC(=O)C(NC(=O)COCc3ccccc3)C(C)C)s2)cc1. The van der Waals surface area contributed by atoms with Crippen molar-refractivity contribution in [1.82, 2.24) is 15.5 Å². The molecule has 168 valence electrons. The Morgan fingerprint density at radius 3 is 2.41 bits per heavy atom. The molecule has 1 aromatic heterocycles. The molecule has 0 aliphatic heterocycles. The number of hydrogen-bond donors (Lipinski definition) is 2. The van der Waals surface area contributed by atoms with Crippen molar-refractivity contribution < 1.29 is 19.1 Å². The van der Waals surface area contributed by atoms with Crippen LogP contribution in [0.25, 0.3) is 10.6 Å². The molecule has 0 bridgehead atoms. The fourth-order valence-electron chi connectivity index (χ4n) is 2.89. The molecule has 0 spiro atoms. The summed E-state index contributed by atoms with van der Waals surface area (Å²) < 4.78 is 10.6. The van der Waals surface area contributed by atoms with Crippen LogP contribution >= 0.6 is 11.3 Å². The second kappa shape index (κ2) is 11.4. The first-order valence-corrected chi connectivity index (χ1v) is 11.0. The van der Waals surface area contributed by atoms with Gasteiger partial charge >= 0.3 is 0 Å². The van der Waals surface area contributed by atoms with E-state index < -0.39 is 6.04 Å². The van der Waals surface area contributed by atoms with Gasteiger partial charge in [0.2, 0.25) is 16.9 Å². The average molecular weight is 455 g/mol. The molecule has 3 aromatic rings. The summed E-state index contributed by atoms with van der Waals surface area (Å²) in [6, 6.07) is 16.3. The van der Waals surface area contributed by atoms with Gasteiger partial charge in [0.15, 0.2) is 0 Å². The van der Waals surface area contributed by atoms with E-state index in [0.717, 1.165) is 16.9 Å². The van der Waals surface area contributed by atoms with Gasteiger partial charge in [-0.1, -0.05) is 55.5 Å². The molecule has 0 saturated heterocycles. The van der Waals surface area contributed by atoms with Gasteiger partial charge in [0.05, 0.1) is 13.7 Å². The van der Waals surface area contributed by atoms with Crippen molar-refractivity contribution in [3.8, 4) is 16.3 Å². The first kappa shape index (κ1) is 23.4. The number of benzene rings is 2. The van der Waals surface area contributed by atoms with E-state index >= 15 is 0 Å². The third-order valence-electron chi connectivity index (χ3n) is 4.60. The van der Waals surface area contributed by atoms with Crippen molar-refractivity contribution in [3.63, 3.8) is 0 Å². The number of rotatable bonds is 10. The van der Waals surface area contributed by atoms with Gasteiger partial charge < -0.3 is 14.8 Å². The van der Waals surface area contributed by atoms with Crippen LogP contribution in [-0.4, -0.2) is 41.8 Å². The molecule has 2 amide bonds. The van der Waals surface area contributed by atoms with Gasteiger partial charge in [-0.3, -0.25) is 14.9 Å². The van der Waals surface area contributed by atoms with Gasteiger partial charge in [-0.05, 0) is 35.7 Å². The molecular formula is C23H26N4O4S. The Balaban J connectivity index is 1.54. The molecule has 1 atom stereocenters. The third-order valence-corrected chi connectivity index (χ3v) is 5.49. The van der Waals surface area contributed by atoms with Crippen LogP contribution in [0.4, 0.5) is 5.13 Å². The number of amides is 2. The minimum atomic E-state index is -0.726. The van der Waals surface area contributed by atoms with Crippen LogP contribution in [0.1, 0.15) is 19.4 Å². The number of carbonyl (C=O) groups excluding carboxylic acids is 2. The average Bonchev–Trinajstić information content (AvgIpc) is 3.26. The third kappa shape index (κ3) is 6.60. The molecule has 0 aliphatic rings. The van der Waals surface area contributed by atoms with Gasteiger partial charge in [0.25, 0.3) is 0 Å². The molecule has 1 heterocycles. The molecule has 2 N–H and O–H groups in total. The Hall–Kier alpha value is -3.30. The Morgan fingerprint density at radius 1 is 1.03 bits per heavy atom. The summed E-state index contributed by atoms with van der Waals surface area (Å²) in [6.07, 6.45) is 0. The second-order valence-electron chi connectivity index (χ2n) is 7.40. The Bertz CT molecular complexity index is 1020. The van der Waals surface area contributed by atoms with E-state index in [2.05, 4.69) is 20.8 Å². The quantitative estimate of drug-likeness (QED) is 0.486.